The zero-order valence-corrected chi connectivity index (χ0v) is 12.1. The van der Waals surface area contributed by atoms with Crippen molar-refractivity contribution in [3.63, 3.8) is 0 Å². The molecule has 0 aromatic rings. The molecule has 0 heterocycles. The molecule has 0 radical (unpaired) electrons. The monoisotopic (exact) mass is 240 g/mol. The molecule has 0 aromatic carbocycles. The van der Waals surface area contributed by atoms with Crippen LogP contribution in [0.3, 0.4) is 0 Å². The molecule has 1 saturated carbocycles. The van der Waals surface area contributed by atoms with Crippen molar-refractivity contribution in [3.05, 3.63) is 0 Å². The third kappa shape index (κ3) is 7.05. The molecule has 1 aliphatic carbocycles. The molecule has 2 heteroatoms. The summed E-state index contributed by atoms with van der Waals surface area (Å²) in [6.45, 7) is 8.94. The maximum atomic E-state index is 6.26. The lowest BCUT2D eigenvalue weighted by atomic mass is 9.97. The predicted molar refractivity (Wildman–Crippen MR) is 76.1 cm³/mol. The van der Waals surface area contributed by atoms with E-state index in [9.17, 15) is 0 Å². The molecular formula is C15H32N2. The minimum Gasteiger partial charge on any atom is -0.324 e. The number of nitrogens with two attached hydrogens (primary N) is 1. The Labute approximate surface area is 108 Å². The van der Waals surface area contributed by atoms with Gasteiger partial charge in [-0.3, -0.25) is 0 Å². The van der Waals surface area contributed by atoms with Crippen LogP contribution < -0.4 is 11.1 Å². The Morgan fingerprint density at radius 1 is 1.18 bits per heavy atom. The summed E-state index contributed by atoms with van der Waals surface area (Å²) >= 11 is 0. The Bertz CT molecular complexity index is 195. The standard InChI is InChI=1S/C15H32N2/c1-13(2)8-6-4-5-7-11-17-12-15(3,16)14-9-10-14/h13-14,17H,4-12,16H2,1-3H3. The summed E-state index contributed by atoms with van der Waals surface area (Å²) in [6, 6.07) is 0. The summed E-state index contributed by atoms with van der Waals surface area (Å²) in [4.78, 5) is 0. The van der Waals surface area contributed by atoms with E-state index in [1.165, 1.54) is 44.9 Å². The number of rotatable bonds is 10. The van der Waals surface area contributed by atoms with Crippen molar-refractivity contribution in [1.82, 2.24) is 5.32 Å². The zero-order chi connectivity index (χ0) is 12.7. The molecule has 2 nitrogen and oxygen atoms in total. The van der Waals surface area contributed by atoms with Crippen LogP contribution in [0.15, 0.2) is 0 Å². The van der Waals surface area contributed by atoms with Crippen molar-refractivity contribution in [2.75, 3.05) is 13.1 Å². The summed E-state index contributed by atoms with van der Waals surface area (Å²) in [6.07, 6.45) is 9.52. The van der Waals surface area contributed by atoms with Crippen LogP contribution in [0.2, 0.25) is 0 Å². The third-order valence-corrected chi connectivity index (χ3v) is 3.90. The Hall–Kier alpha value is -0.0800. The molecule has 102 valence electrons. The highest BCUT2D eigenvalue weighted by molar-refractivity contribution is 4.96. The third-order valence-electron chi connectivity index (χ3n) is 3.90. The van der Waals surface area contributed by atoms with Crippen LogP contribution >= 0.6 is 0 Å². The van der Waals surface area contributed by atoms with Gasteiger partial charge >= 0.3 is 0 Å². The second-order valence-corrected chi connectivity index (χ2v) is 6.55. The Kier molecular flexibility index (Phi) is 6.50. The van der Waals surface area contributed by atoms with Crippen molar-refractivity contribution < 1.29 is 0 Å². The molecule has 1 aliphatic rings. The van der Waals surface area contributed by atoms with Gasteiger partial charge in [-0.1, -0.05) is 39.5 Å². The molecule has 1 rings (SSSR count). The Morgan fingerprint density at radius 3 is 2.41 bits per heavy atom. The van der Waals surface area contributed by atoms with Crippen LogP contribution in [0, 0.1) is 11.8 Å². The van der Waals surface area contributed by atoms with Crippen molar-refractivity contribution in [2.45, 2.75) is 71.3 Å². The first kappa shape index (κ1) is 15.0. The highest BCUT2D eigenvalue weighted by Crippen LogP contribution is 2.37. The maximum absolute atomic E-state index is 6.26. The van der Waals surface area contributed by atoms with Gasteiger partial charge in [0.1, 0.15) is 0 Å². The van der Waals surface area contributed by atoms with Gasteiger partial charge in [-0.25, -0.2) is 0 Å². The molecule has 1 unspecified atom stereocenters. The normalized spacial score (nSPS) is 19.6. The van der Waals surface area contributed by atoms with Crippen molar-refractivity contribution in [1.29, 1.82) is 0 Å². The quantitative estimate of drug-likeness (QED) is 0.575. The van der Waals surface area contributed by atoms with Gasteiger partial charge in [-0.2, -0.15) is 0 Å². The molecule has 1 fully saturated rings. The second-order valence-electron chi connectivity index (χ2n) is 6.55. The van der Waals surface area contributed by atoms with Crippen molar-refractivity contribution in [2.24, 2.45) is 17.6 Å². The molecular weight excluding hydrogens is 208 g/mol. The maximum Gasteiger partial charge on any atom is 0.0280 e. The van der Waals surface area contributed by atoms with Gasteiger partial charge in [0.2, 0.25) is 0 Å². The van der Waals surface area contributed by atoms with Gasteiger partial charge in [-0.15, -0.1) is 0 Å². The van der Waals surface area contributed by atoms with Gasteiger partial charge in [0, 0.05) is 12.1 Å². The topological polar surface area (TPSA) is 38.0 Å². The fraction of sp³-hybridized carbons (Fsp3) is 1.00. The number of unbranched alkanes of at least 4 members (excludes halogenated alkanes) is 3. The first-order valence-corrected chi connectivity index (χ1v) is 7.52. The summed E-state index contributed by atoms with van der Waals surface area (Å²) in [5.74, 6) is 1.64. The SMILES string of the molecule is CC(C)CCCCCCNCC(C)(N)C1CC1. The lowest BCUT2D eigenvalue weighted by Crippen LogP contribution is -2.48. The number of nitrogens with one attached hydrogen (secondary N) is 1. The molecule has 0 saturated heterocycles. The van der Waals surface area contributed by atoms with Gasteiger partial charge in [0.25, 0.3) is 0 Å². The van der Waals surface area contributed by atoms with Crippen LogP contribution in [0.1, 0.15) is 65.7 Å². The van der Waals surface area contributed by atoms with E-state index in [1.807, 2.05) is 0 Å². The summed E-state index contributed by atoms with van der Waals surface area (Å²) in [5, 5.41) is 3.52. The average Bonchev–Trinajstić information content (AvgIpc) is 3.05. The van der Waals surface area contributed by atoms with Gasteiger partial charge < -0.3 is 11.1 Å². The first-order chi connectivity index (χ1) is 8.02. The largest absolute Gasteiger partial charge is 0.324 e. The molecule has 0 aromatic heterocycles. The van der Waals surface area contributed by atoms with Crippen LogP contribution in [-0.4, -0.2) is 18.6 Å². The van der Waals surface area contributed by atoms with E-state index in [4.69, 9.17) is 5.73 Å². The minimum atomic E-state index is 0.0393. The van der Waals surface area contributed by atoms with Gasteiger partial charge in [0.05, 0.1) is 0 Å². The summed E-state index contributed by atoms with van der Waals surface area (Å²) < 4.78 is 0. The van der Waals surface area contributed by atoms with E-state index in [-0.39, 0.29) is 5.54 Å². The molecule has 0 aliphatic heterocycles. The second kappa shape index (κ2) is 7.38. The first-order valence-electron chi connectivity index (χ1n) is 7.52. The molecule has 0 bridgehead atoms. The van der Waals surface area contributed by atoms with E-state index in [2.05, 4.69) is 26.1 Å². The van der Waals surface area contributed by atoms with E-state index in [0.717, 1.165) is 24.9 Å². The number of hydrogen-bond acceptors (Lipinski definition) is 2. The van der Waals surface area contributed by atoms with Gasteiger partial charge in [0.15, 0.2) is 0 Å². The lowest BCUT2D eigenvalue weighted by Gasteiger charge is -2.24. The lowest BCUT2D eigenvalue weighted by molar-refractivity contribution is 0.377. The molecule has 1 atom stereocenters. The molecule has 17 heavy (non-hydrogen) atoms. The fourth-order valence-electron chi connectivity index (χ4n) is 2.40. The number of hydrogen-bond donors (Lipinski definition) is 2. The van der Waals surface area contributed by atoms with Crippen LogP contribution in [-0.2, 0) is 0 Å². The minimum absolute atomic E-state index is 0.0393. The summed E-state index contributed by atoms with van der Waals surface area (Å²) in [7, 11) is 0. The van der Waals surface area contributed by atoms with E-state index < -0.39 is 0 Å². The van der Waals surface area contributed by atoms with Crippen LogP contribution in [0.4, 0.5) is 0 Å². The van der Waals surface area contributed by atoms with Crippen molar-refractivity contribution in [3.8, 4) is 0 Å². The molecule has 3 N–H and O–H groups in total. The van der Waals surface area contributed by atoms with Crippen LogP contribution in [0.25, 0.3) is 0 Å². The summed E-state index contributed by atoms with van der Waals surface area (Å²) in [5.41, 5.74) is 6.29. The fourth-order valence-corrected chi connectivity index (χ4v) is 2.40. The van der Waals surface area contributed by atoms with Gasteiger partial charge in [-0.05, 0) is 44.6 Å². The smallest absolute Gasteiger partial charge is 0.0280 e. The van der Waals surface area contributed by atoms with Crippen LogP contribution in [0.5, 0.6) is 0 Å². The average molecular weight is 240 g/mol. The predicted octanol–water partition coefficient (Wildman–Crippen LogP) is 3.31. The highest BCUT2D eigenvalue weighted by atomic mass is 14.9. The van der Waals surface area contributed by atoms with E-state index >= 15 is 0 Å². The van der Waals surface area contributed by atoms with Crippen molar-refractivity contribution >= 4 is 0 Å². The Balaban J connectivity index is 1.84. The molecule has 0 amide bonds. The van der Waals surface area contributed by atoms with E-state index in [1.54, 1.807) is 0 Å². The Morgan fingerprint density at radius 2 is 1.82 bits per heavy atom. The zero-order valence-electron chi connectivity index (χ0n) is 12.1. The van der Waals surface area contributed by atoms with E-state index in [0.29, 0.717) is 0 Å². The highest BCUT2D eigenvalue weighted by Gasteiger charge is 2.37. The molecule has 0 spiro atoms.